The monoisotopic (exact) mass is 330 g/mol. The molecule has 21 heavy (non-hydrogen) atoms. The number of aryl methyl sites for hydroxylation is 1. The predicted octanol–water partition coefficient (Wildman–Crippen LogP) is 3.01. The molecule has 114 valence electrons. The second-order valence-corrected chi connectivity index (χ2v) is 7.38. The maximum atomic E-state index is 11.4. The molecule has 1 heterocycles. The highest BCUT2D eigenvalue weighted by molar-refractivity contribution is 8.13. The van der Waals surface area contributed by atoms with Crippen molar-refractivity contribution in [1.29, 1.82) is 0 Å². The SMILES string of the molecule is Cc1nc(COc2ccc(S(=O)(=O)Cl)cc2C(C)C)no1. The van der Waals surface area contributed by atoms with Crippen molar-refractivity contribution in [1.82, 2.24) is 10.1 Å². The summed E-state index contributed by atoms with van der Waals surface area (Å²) >= 11 is 0. The fraction of sp³-hybridized carbons (Fsp3) is 0.385. The van der Waals surface area contributed by atoms with Gasteiger partial charge in [0.2, 0.25) is 11.7 Å². The number of rotatable bonds is 5. The first-order valence-electron chi connectivity index (χ1n) is 6.28. The normalized spacial score (nSPS) is 11.9. The lowest BCUT2D eigenvalue weighted by Gasteiger charge is -2.14. The third kappa shape index (κ3) is 3.95. The molecule has 0 spiro atoms. The second kappa shape index (κ2) is 6.03. The Morgan fingerprint density at radius 3 is 2.62 bits per heavy atom. The molecule has 2 rings (SSSR count). The van der Waals surface area contributed by atoms with E-state index in [0.29, 0.717) is 17.5 Å². The summed E-state index contributed by atoms with van der Waals surface area (Å²) in [4.78, 5) is 4.09. The van der Waals surface area contributed by atoms with Gasteiger partial charge in [0.1, 0.15) is 5.75 Å². The Balaban J connectivity index is 2.26. The largest absolute Gasteiger partial charge is 0.485 e. The van der Waals surface area contributed by atoms with E-state index < -0.39 is 9.05 Å². The van der Waals surface area contributed by atoms with Gasteiger partial charge in [0.25, 0.3) is 9.05 Å². The maximum absolute atomic E-state index is 11.4. The third-order valence-corrected chi connectivity index (χ3v) is 4.16. The Morgan fingerprint density at radius 2 is 2.10 bits per heavy atom. The molecule has 0 aliphatic heterocycles. The van der Waals surface area contributed by atoms with Crippen molar-refractivity contribution in [2.75, 3.05) is 0 Å². The lowest BCUT2D eigenvalue weighted by Crippen LogP contribution is -2.03. The molecule has 0 aliphatic rings. The molecule has 0 aliphatic carbocycles. The number of ether oxygens (including phenoxy) is 1. The molecule has 0 saturated carbocycles. The lowest BCUT2D eigenvalue weighted by atomic mass is 10.0. The molecule has 6 nitrogen and oxygen atoms in total. The Hall–Kier alpha value is -1.60. The van der Waals surface area contributed by atoms with Crippen molar-refractivity contribution in [3.8, 4) is 5.75 Å². The molecule has 1 aromatic carbocycles. The van der Waals surface area contributed by atoms with E-state index >= 15 is 0 Å². The fourth-order valence-electron chi connectivity index (χ4n) is 1.80. The molecule has 0 unspecified atom stereocenters. The summed E-state index contributed by atoms with van der Waals surface area (Å²) in [7, 11) is 1.60. The van der Waals surface area contributed by atoms with Crippen LogP contribution in [-0.2, 0) is 15.7 Å². The molecule has 8 heteroatoms. The molecule has 2 aromatic rings. The van der Waals surface area contributed by atoms with E-state index in [1.54, 1.807) is 13.0 Å². The van der Waals surface area contributed by atoms with E-state index in [4.69, 9.17) is 19.9 Å². The van der Waals surface area contributed by atoms with Gasteiger partial charge in [-0.15, -0.1) is 0 Å². The molecular weight excluding hydrogens is 316 g/mol. The maximum Gasteiger partial charge on any atom is 0.261 e. The van der Waals surface area contributed by atoms with E-state index in [2.05, 4.69) is 10.1 Å². The van der Waals surface area contributed by atoms with Crippen molar-refractivity contribution < 1.29 is 17.7 Å². The summed E-state index contributed by atoms with van der Waals surface area (Å²) < 4.78 is 33.3. The van der Waals surface area contributed by atoms with E-state index in [9.17, 15) is 8.42 Å². The van der Waals surface area contributed by atoms with Crippen LogP contribution in [0.5, 0.6) is 5.75 Å². The Labute approximate surface area is 127 Å². The van der Waals surface area contributed by atoms with E-state index in [-0.39, 0.29) is 17.4 Å². The average molecular weight is 331 g/mol. The zero-order valence-electron chi connectivity index (χ0n) is 11.8. The van der Waals surface area contributed by atoms with Crippen molar-refractivity contribution >= 4 is 19.7 Å². The van der Waals surface area contributed by atoms with Crippen molar-refractivity contribution in [2.24, 2.45) is 0 Å². The standard InChI is InChI=1S/C13H15ClN2O4S/c1-8(2)11-6-10(21(14,17)18)4-5-12(11)19-7-13-15-9(3)20-16-13/h4-6,8H,7H2,1-3H3. The molecule has 0 amide bonds. The molecule has 0 radical (unpaired) electrons. The molecule has 0 saturated heterocycles. The zero-order chi connectivity index (χ0) is 15.6. The van der Waals surface area contributed by atoms with Gasteiger partial charge in [0.05, 0.1) is 4.90 Å². The fourth-order valence-corrected chi connectivity index (χ4v) is 2.59. The van der Waals surface area contributed by atoms with Gasteiger partial charge in [-0.1, -0.05) is 19.0 Å². The molecule has 1 aromatic heterocycles. The summed E-state index contributed by atoms with van der Waals surface area (Å²) in [6, 6.07) is 4.51. The van der Waals surface area contributed by atoms with Crippen LogP contribution in [0.1, 0.15) is 37.0 Å². The third-order valence-electron chi connectivity index (χ3n) is 2.81. The van der Waals surface area contributed by atoms with Crippen molar-refractivity contribution in [3.05, 3.63) is 35.5 Å². The first kappa shape index (κ1) is 15.8. The van der Waals surface area contributed by atoms with Gasteiger partial charge in [-0.2, -0.15) is 4.98 Å². The van der Waals surface area contributed by atoms with Crippen LogP contribution in [0.25, 0.3) is 0 Å². The summed E-state index contributed by atoms with van der Waals surface area (Å²) in [5.74, 6) is 1.53. The van der Waals surface area contributed by atoms with Crippen LogP contribution in [-0.4, -0.2) is 18.6 Å². The molecule has 0 bridgehead atoms. The smallest absolute Gasteiger partial charge is 0.261 e. The number of halogens is 1. The minimum atomic E-state index is -3.76. The van der Waals surface area contributed by atoms with Gasteiger partial charge >= 0.3 is 0 Å². The summed E-state index contributed by atoms with van der Waals surface area (Å²) in [6.07, 6.45) is 0. The number of benzene rings is 1. The average Bonchev–Trinajstić information content (AvgIpc) is 2.80. The van der Waals surface area contributed by atoms with Crippen LogP contribution in [0.3, 0.4) is 0 Å². The van der Waals surface area contributed by atoms with E-state index in [1.165, 1.54) is 12.1 Å². The van der Waals surface area contributed by atoms with Crippen LogP contribution in [0.2, 0.25) is 0 Å². The number of hydrogen-bond donors (Lipinski definition) is 0. The predicted molar refractivity (Wildman–Crippen MR) is 76.9 cm³/mol. The first-order chi connectivity index (χ1) is 9.77. The summed E-state index contributed by atoms with van der Waals surface area (Å²) in [6.45, 7) is 5.71. The van der Waals surface area contributed by atoms with Crippen LogP contribution in [0.15, 0.2) is 27.6 Å². The highest BCUT2D eigenvalue weighted by Crippen LogP contribution is 2.30. The summed E-state index contributed by atoms with van der Waals surface area (Å²) in [5, 5.41) is 3.73. The molecule has 0 fully saturated rings. The van der Waals surface area contributed by atoms with Crippen molar-refractivity contribution in [2.45, 2.75) is 38.2 Å². The van der Waals surface area contributed by atoms with Crippen LogP contribution in [0.4, 0.5) is 0 Å². The van der Waals surface area contributed by atoms with Gasteiger partial charge in [-0.25, -0.2) is 8.42 Å². The Kier molecular flexibility index (Phi) is 4.53. The van der Waals surface area contributed by atoms with Gasteiger partial charge in [-0.05, 0) is 29.7 Å². The minimum absolute atomic E-state index is 0.0515. The summed E-state index contributed by atoms with van der Waals surface area (Å²) in [5.41, 5.74) is 0.747. The molecule has 0 atom stereocenters. The van der Waals surface area contributed by atoms with Gasteiger partial charge in [-0.3, -0.25) is 0 Å². The Bertz CT molecular complexity index is 740. The van der Waals surface area contributed by atoms with Gasteiger partial charge in [0, 0.05) is 17.6 Å². The first-order valence-corrected chi connectivity index (χ1v) is 8.59. The highest BCUT2D eigenvalue weighted by Gasteiger charge is 2.16. The minimum Gasteiger partial charge on any atom is -0.485 e. The van der Waals surface area contributed by atoms with Crippen LogP contribution in [0, 0.1) is 6.92 Å². The van der Waals surface area contributed by atoms with E-state index in [1.807, 2.05) is 13.8 Å². The van der Waals surface area contributed by atoms with Crippen LogP contribution >= 0.6 is 10.7 Å². The van der Waals surface area contributed by atoms with Crippen molar-refractivity contribution in [3.63, 3.8) is 0 Å². The molecular formula is C13H15ClN2O4S. The quantitative estimate of drug-likeness (QED) is 0.784. The number of aromatic nitrogens is 2. The highest BCUT2D eigenvalue weighted by atomic mass is 35.7. The Morgan fingerprint density at radius 1 is 1.38 bits per heavy atom. The van der Waals surface area contributed by atoms with Gasteiger partial charge in [0.15, 0.2) is 6.61 Å². The number of hydrogen-bond acceptors (Lipinski definition) is 6. The zero-order valence-corrected chi connectivity index (χ0v) is 13.4. The second-order valence-electron chi connectivity index (χ2n) is 4.81. The van der Waals surface area contributed by atoms with Crippen LogP contribution < -0.4 is 4.74 Å². The lowest BCUT2D eigenvalue weighted by molar-refractivity contribution is 0.282. The molecule has 0 N–H and O–H groups in total. The van der Waals surface area contributed by atoms with E-state index in [0.717, 1.165) is 5.56 Å². The van der Waals surface area contributed by atoms with Gasteiger partial charge < -0.3 is 9.26 Å². The topological polar surface area (TPSA) is 82.3 Å². The number of nitrogens with zero attached hydrogens (tertiary/aromatic N) is 2.